The van der Waals surface area contributed by atoms with E-state index < -0.39 is 12.0 Å². The van der Waals surface area contributed by atoms with E-state index in [1.165, 1.54) is 0 Å². The van der Waals surface area contributed by atoms with E-state index >= 15 is 0 Å². The smallest absolute Gasteiger partial charge is 0.253 e. The van der Waals surface area contributed by atoms with Crippen molar-refractivity contribution in [2.75, 3.05) is 6.54 Å². The molecule has 0 radical (unpaired) electrons. The van der Waals surface area contributed by atoms with Crippen molar-refractivity contribution in [2.24, 2.45) is 0 Å². The first kappa shape index (κ1) is 15.5. The van der Waals surface area contributed by atoms with Gasteiger partial charge >= 0.3 is 0 Å². The lowest BCUT2D eigenvalue weighted by atomic mass is 10.1. The summed E-state index contributed by atoms with van der Waals surface area (Å²) in [6.07, 6.45) is 0.555. The van der Waals surface area contributed by atoms with Crippen molar-refractivity contribution < 1.29 is 9.90 Å². The number of rotatable bonds is 5. The van der Waals surface area contributed by atoms with Crippen LogP contribution in [0.3, 0.4) is 0 Å². The molecule has 0 saturated carbocycles. The number of carbonyl (C=O) groups excluding carboxylic acids is 1. The summed E-state index contributed by atoms with van der Waals surface area (Å²) < 4.78 is 1.96. The Bertz CT molecular complexity index is 622. The fourth-order valence-electron chi connectivity index (χ4n) is 1.96. The zero-order chi connectivity index (χ0) is 15.4. The van der Waals surface area contributed by atoms with Crippen molar-refractivity contribution in [2.45, 2.75) is 26.5 Å². The van der Waals surface area contributed by atoms with Gasteiger partial charge in [-0.1, -0.05) is 23.7 Å². The van der Waals surface area contributed by atoms with Gasteiger partial charge in [0.2, 0.25) is 0 Å². The highest BCUT2D eigenvalue weighted by Crippen LogP contribution is 2.16. The molecule has 2 rings (SSSR count). The minimum Gasteiger partial charge on any atom is -0.378 e. The zero-order valence-electron chi connectivity index (χ0n) is 12.0. The van der Waals surface area contributed by atoms with Crippen LogP contribution in [0.1, 0.15) is 23.1 Å². The molecule has 2 aromatic rings. The van der Waals surface area contributed by atoms with Crippen molar-refractivity contribution in [3.05, 3.63) is 52.6 Å². The van der Waals surface area contributed by atoms with Gasteiger partial charge in [-0.15, -0.1) is 0 Å². The van der Waals surface area contributed by atoms with E-state index in [0.717, 1.165) is 11.4 Å². The van der Waals surface area contributed by atoms with Crippen molar-refractivity contribution in [3.8, 4) is 0 Å². The van der Waals surface area contributed by atoms with Crippen molar-refractivity contribution in [1.29, 1.82) is 0 Å². The molecule has 0 spiro atoms. The van der Waals surface area contributed by atoms with Gasteiger partial charge in [0.05, 0.1) is 12.0 Å². The Hall–Kier alpha value is -1.85. The summed E-state index contributed by atoms with van der Waals surface area (Å²) in [7, 11) is 0. The first-order valence-electron chi connectivity index (χ1n) is 6.68. The number of aliphatic hydroxyl groups is 1. The minimum absolute atomic E-state index is 0.424. The van der Waals surface area contributed by atoms with Crippen LogP contribution in [0.4, 0.5) is 0 Å². The number of nitrogens with one attached hydrogen (secondary N) is 1. The van der Waals surface area contributed by atoms with Gasteiger partial charge in [0, 0.05) is 23.8 Å². The van der Waals surface area contributed by atoms with Crippen LogP contribution in [-0.2, 0) is 11.3 Å². The number of carbonyl (C=O) groups is 1. The maximum atomic E-state index is 11.9. The van der Waals surface area contributed by atoms with Crippen LogP contribution in [0.2, 0.25) is 5.02 Å². The second kappa shape index (κ2) is 6.74. The molecule has 1 amide bonds. The second-order valence-electron chi connectivity index (χ2n) is 4.85. The van der Waals surface area contributed by atoms with Gasteiger partial charge in [-0.2, -0.15) is 0 Å². The molecule has 2 N–H and O–H groups in total. The number of hydrogen-bond acceptors (Lipinski definition) is 3. The van der Waals surface area contributed by atoms with Crippen LogP contribution in [0.25, 0.3) is 0 Å². The van der Waals surface area contributed by atoms with E-state index in [9.17, 15) is 9.90 Å². The van der Waals surface area contributed by atoms with E-state index in [1.54, 1.807) is 30.6 Å². The largest absolute Gasteiger partial charge is 0.378 e. The molecule has 1 atom stereocenters. The van der Waals surface area contributed by atoms with Gasteiger partial charge in [0.1, 0.15) is 0 Å². The summed E-state index contributed by atoms with van der Waals surface area (Å²) in [5.74, 6) is -0.424. The van der Waals surface area contributed by atoms with Crippen LogP contribution in [0, 0.1) is 13.8 Å². The first-order valence-corrected chi connectivity index (χ1v) is 7.06. The van der Waals surface area contributed by atoms with Gasteiger partial charge in [0.15, 0.2) is 6.10 Å². The molecule has 5 nitrogen and oxygen atoms in total. The summed E-state index contributed by atoms with van der Waals surface area (Å²) in [5.41, 5.74) is 2.57. The number of aryl methyl sites for hydroxylation is 1. The van der Waals surface area contributed by atoms with Gasteiger partial charge in [-0.05, 0) is 31.5 Å². The Morgan fingerprint density at radius 2 is 2.05 bits per heavy atom. The number of benzene rings is 1. The molecule has 0 saturated heterocycles. The van der Waals surface area contributed by atoms with Gasteiger partial charge < -0.3 is 15.0 Å². The molecule has 6 heteroatoms. The number of hydrogen-bond donors (Lipinski definition) is 2. The van der Waals surface area contributed by atoms with Crippen LogP contribution < -0.4 is 5.32 Å². The molecule has 1 unspecified atom stereocenters. The van der Waals surface area contributed by atoms with Crippen LogP contribution in [0.5, 0.6) is 0 Å². The van der Waals surface area contributed by atoms with Crippen LogP contribution in [0.15, 0.2) is 30.6 Å². The fourth-order valence-corrected chi connectivity index (χ4v) is 2.09. The standard InChI is InChI=1S/C15H18ClN3O2/c1-10-11(2)19(9-18-10)8-7-17-15(21)14(20)12-3-5-13(16)6-4-12/h3-6,9,14,20H,7-8H2,1-2H3,(H,17,21). The predicted molar refractivity (Wildman–Crippen MR) is 81.1 cm³/mol. The lowest BCUT2D eigenvalue weighted by molar-refractivity contribution is -0.129. The van der Waals surface area contributed by atoms with Crippen LogP contribution >= 0.6 is 11.6 Å². The quantitative estimate of drug-likeness (QED) is 0.888. The maximum Gasteiger partial charge on any atom is 0.253 e. The molecular formula is C15H18ClN3O2. The van der Waals surface area contributed by atoms with Crippen molar-refractivity contribution in [3.63, 3.8) is 0 Å². The van der Waals surface area contributed by atoms with Crippen molar-refractivity contribution in [1.82, 2.24) is 14.9 Å². The summed E-state index contributed by atoms with van der Waals surface area (Å²) >= 11 is 5.77. The van der Waals surface area contributed by atoms with E-state index in [2.05, 4.69) is 10.3 Å². The highest BCUT2D eigenvalue weighted by atomic mass is 35.5. The molecule has 1 heterocycles. The highest BCUT2D eigenvalue weighted by Gasteiger charge is 2.16. The number of halogens is 1. The Kier molecular flexibility index (Phi) is 4.98. The third-order valence-corrected chi connectivity index (χ3v) is 3.68. The number of aliphatic hydroxyl groups excluding tert-OH is 1. The lowest BCUT2D eigenvalue weighted by Gasteiger charge is -2.12. The average molecular weight is 308 g/mol. The molecule has 0 aliphatic heterocycles. The van der Waals surface area contributed by atoms with E-state index in [-0.39, 0.29) is 0 Å². The summed E-state index contributed by atoms with van der Waals surface area (Å²) in [6.45, 7) is 4.97. The fraction of sp³-hybridized carbons (Fsp3) is 0.333. The molecule has 0 bridgehead atoms. The molecule has 0 aliphatic rings. The number of nitrogens with zero attached hydrogens (tertiary/aromatic N) is 2. The lowest BCUT2D eigenvalue weighted by Crippen LogP contribution is -2.32. The third-order valence-electron chi connectivity index (χ3n) is 3.43. The SMILES string of the molecule is Cc1ncn(CCNC(=O)C(O)c2ccc(Cl)cc2)c1C. The number of imidazole rings is 1. The molecule has 1 aromatic heterocycles. The number of amides is 1. The van der Waals surface area contributed by atoms with E-state index in [1.807, 2.05) is 18.4 Å². The summed E-state index contributed by atoms with van der Waals surface area (Å²) in [5, 5.41) is 13.2. The predicted octanol–water partition coefficient (Wildman–Crippen LogP) is 2.00. The first-order chi connectivity index (χ1) is 9.99. The monoisotopic (exact) mass is 307 g/mol. The molecule has 112 valence electrons. The Morgan fingerprint density at radius 3 is 2.62 bits per heavy atom. The molecule has 1 aromatic carbocycles. The van der Waals surface area contributed by atoms with E-state index in [0.29, 0.717) is 23.7 Å². The number of aromatic nitrogens is 2. The Balaban J connectivity index is 1.87. The minimum atomic E-state index is -1.19. The average Bonchev–Trinajstić information content (AvgIpc) is 2.79. The van der Waals surface area contributed by atoms with Gasteiger partial charge in [-0.25, -0.2) is 4.98 Å². The molecular weight excluding hydrogens is 290 g/mol. The third kappa shape index (κ3) is 3.83. The van der Waals surface area contributed by atoms with E-state index in [4.69, 9.17) is 11.6 Å². The highest BCUT2D eigenvalue weighted by molar-refractivity contribution is 6.30. The van der Waals surface area contributed by atoms with Gasteiger partial charge in [0.25, 0.3) is 5.91 Å². The Morgan fingerprint density at radius 1 is 1.38 bits per heavy atom. The molecule has 0 fully saturated rings. The molecule has 21 heavy (non-hydrogen) atoms. The zero-order valence-corrected chi connectivity index (χ0v) is 12.8. The second-order valence-corrected chi connectivity index (χ2v) is 5.29. The Labute approximate surface area is 128 Å². The topological polar surface area (TPSA) is 67.2 Å². The normalized spacial score (nSPS) is 12.2. The molecule has 0 aliphatic carbocycles. The van der Waals surface area contributed by atoms with Crippen LogP contribution in [-0.4, -0.2) is 27.1 Å². The maximum absolute atomic E-state index is 11.9. The van der Waals surface area contributed by atoms with Crippen molar-refractivity contribution >= 4 is 17.5 Å². The van der Waals surface area contributed by atoms with Gasteiger partial charge in [-0.3, -0.25) is 4.79 Å². The summed E-state index contributed by atoms with van der Waals surface area (Å²) in [6, 6.07) is 6.56. The summed E-state index contributed by atoms with van der Waals surface area (Å²) in [4.78, 5) is 16.1.